The fourth-order valence-electron chi connectivity index (χ4n) is 6.48. The summed E-state index contributed by atoms with van der Waals surface area (Å²) in [4.78, 5) is 70.9. The van der Waals surface area contributed by atoms with Crippen LogP contribution in [0.5, 0.6) is 0 Å². The van der Waals surface area contributed by atoms with Gasteiger partial charge < -0.3 is 34.2 Å². The molecule has 0 saturated carbocycles. The van der Waals surface area contributed by atoms with E-state index in [1.165, 1.54) is 14.2 Å². The van der Waals surface area contributed by atoms with Crippen LogP contribution in [-0.2, 0) is 27.3 Å². The molecule has 0 spiro atoms. The van der Waals surface area contributed by atoms with Gasteiger partial charge in [-0.1, -0.05) is 47.5 Å². The van der Waals surface area contributed by atoms with Gasteiger partial charge in [-0.25, -0.2) is 24.0 Å². The first-order valence-electron chi connectivity index (χ1n) is 19.8. The summed E-state index contributed by atoms with van der Waals surface area (Å²) in [6.07, 6.45) is -0.375. The number of esters is 2. The van der Waals surface area contributed by atoms with E-state index in [9.17, 15) is 24.0 Å². The van der Waals surface area contributed by atoms with E-state index in [2.05, 4.69) is 5.32 Å². The minimum Gasteiger partial charge on any atom is -0.465 e. The monoisotopic (exact) mass is 910 g/mol. The van der Waals surface area contributed by atoms with E-state index in [4.69, 9.17) is 37.4 Å². The summed E-state index contributed by atoms with van der Waals surface area (Å²) in [6.45, 7) is 10.7. The van der Waals surface area contributed by atoms with E-state index in [1.54, 1.807) is 92.4 Å². The average molecular weight is 912 g/mol. The van der Waals surface area contributed by atoms with Crippen LogP contribution in [0.4, 0.5) is 25.8 Å². The molecular weight excluding hydrogens is 859 g/mol. The summed E-state index contributed by atoms with van der Waals surface area (Å²) in [5.41, 5.74) is 3.59. The maximum Gasteiger partial charge on any atom is 0.410 e. The number of hydrogen-bond donors (Lipinski definition) is 1. The van der Waals surface area contributed by atoms with E-state index in [0.29, 0.717) is 79.2 Å². The van der Waals surface area contributed by atoms with Gasteiger partial charge in [-0.2, -0.15) is 0 Å². The maximum absolute atomic E-state index is 13.5. The lowest BCUT2D eigenvalue weighted by Crippen LogP contribution is -2.54. The van der Waals surface area contributed by atoms with Crippen LogP contribution in [0.15, 0.2) is 97.1 Å². The number of benzene rings is 4. The van der Waals surface area contributed by atoms with E-state index in [1.807, 2.05) is 49.9 Å². The van der Waals surface area contributed by atoms with E-state index in [0.717, 1.165) is 29.9 Å². The molecule has 2 aliphatic heterocycles. The van der Waals surface area contributed by atoms with Crippen LogP contribution in [-0.4, -0.2) is 117 Å². The summed E-state index contributed by atoms with van der Waals surface area (Å²) in [5.74, 6) is -0.798. The molecule has 62 heavy (non-hydrogen) atoms. The summed E-state index contributed by atoms with van der Waals surface area (Å²) in [7, 11) is 2.68. The fourth-order valence-corrected chi connectivity index (χ4v) is 6.73. The molecule has 332 valence electrons. The molecule has 0 unspecified atom stereocenters. The molecule has 0 aliphatic carbocycles. The molecule has 5 amide bonds. The van der Waals surface area contributed by atoms with Gasteiger partial charge in [-0.05, 0) is 105 Å². The molecule has 17 heteroatoms. The maximum atomic E-state index is 13.5. The number of amides is 5. The largest absolute Gasteiger partial charge is 0.465 e. The predicted octanol–water partition coefficient (Wildman–Crippen LogP) is 8.39. The summed E-state index contributed by atoms with van der Waals surface area (Å²) in [5, 5.41) is 4.45. The zero-order valence-electron chi connectivity index (χ0n) is 35.5. The molecule has 2 aliphatic rings. The number of hydrogen-bond acceptors (Lipinski definition) is 9. The molecule has 0 bridgehead atoms. The van der Waals surface area contributed by atoms with E-state index < -0.39 is 11.6 Å². The minimum atomic E-state index is -0.571. The van der Waals surface area contributed by atoms with Gasteiger partial charge in [0.1, 0.15) is 5.60 Å². The number of halogens is 3. The van der Waals surface area contributed by atoms with Gasteiger partial charge >= 0.3 is 30.1 Å². The second-order valence-corrected chi connectivity index (χ2v) is 16.1. The van der Waals surface area contributed by atoms with Crippen molar-refractivity contribution in [2.75, 3.05) is 76.4 Å². The van der Waals surface area contributed by atoms with Crippen molar-refractivity contribution in [3.05, 3.63) is 129 Å². The highest BCUT2D eigenvalue weighted by Crippen LogP contribution is 2.25. The summed E-state index contributed by atoms with van der Waals surface area (Å²) in [6, 6.07) is 28.1. The molecule has 0 atom stereocenters. The molecule has 4 aromatic carbocycles. The standard InChI is InChI=1S/C25H30ClN3O5.C20H22ClN3O3.ClH/c1-25(2,3)34-24(32)28-15-13-27(14-16-28)23(31)29(21-11-9-20(26)10-12-21)17-18-5-7-19(8-6-18)22(30)33-4;1-27-19(25)16-4-2-15(3-5-16)14-24(18-8-6-17(21)7-9-18)20(26)23-12-10-22-11-13-23;/h5-12H,13-17H2,1-4H3;2-9,22H,10-14H2,1H3;1H. The van der Waals surface area contributed by atoms with Gasteiger partial charge in [0, 0.05) is 73.8 Å². The van der Waals surface area contributed by atoms with Gasteiger partial charge in [0.15, 0.2) is 0 Å². The number of urea groups is 2. The Morgan fingerprint density at radius 2 is 0.919 bits per heavy atom. The number of anilines is 2. The molecule has 1 N–H and O–H groups in total. The van der Waals surface area contributed by atoms with Crippen LogP contribution < -0.4 is 15.1 Å². The summed E-state index contributed by atoms with van der Waals surface area (Å²) < 4.78 is 14.9. The van der Waals surface area contributed by atoms with Crippen molar-refractivity contribution < 1.29 is 38.2 Å². The Morgan fingerprint density at radius 1 is 0.565 bits per heavy atom. The van der Waals surface area contributed by atoms with Crippen molar-refractivity contribution in [3.8, 4) is 0 Å². The van der Waals surface area contributed by atoms with Crippen molar-refractivity contribution in [2.45, 2.75) is 39.5 Å². The minimum absolute atomic E-state index is 0. The zero-order valence-corrected chi connectivity index (χ0v) is 37.8. The van der Waals surface area contributed by atoms with Gasteiger partial charge in [0.05, 0.1) is 38.4 Å². The zero-order chi connectivity index (χ0) is 44.1. The van der Waals surface area contributed by atoms with Crippen LogP contribution in [0.2, 0.25) is 10.0 Å². The first-order chi connectivity index (χ1) is 29.1. The molecule has 2 saturated heterocycles. The quantitative estimate of drug-likeness (QED) is 0.136. The number of nitrogens with one attached hydrogen (secondary N) is 1. The smallest absolute Gasteiger partial charge is 0.410 e. The van der Waals surface area contributed by atoms with Crippen molar-refractivity contribution >= 4 is 77.1 Å². The first kappa shape index (κ1) is 49.1. The normalized spacial score (nSPS) is 13.7. The van der Waals surface area contributed by atoms with Crippen LogP contribution in [0.25, 0.3) is 0 Å². The highest BCUT2D eigenvalue weighted by molar-refractivity contribution is 6.31. The molecule has 0 aromatic heterocycles. The van der Waals surface area contributed by atoms with E-state index in [-0.39, 0.29) is 36.5 Å². The molecule has 14 nitrogen and oxygen atoms in total. The highest BCUT2D eigenvalue weighted by Gasteiger charge is 2.31. The number of piperazine rings is 2. The van der Waals surface area contributed by atoms with Crippen LogP contribution in [0.1, 0.15) is 52.6 Å². The van der Waals surface area contributed by atoms with Crippen molar-refractivity contribution in [1.29, 1.82) is 0 Å². The van der Waals surface area contributed by atoms with Crippen LogP contribution >= 0.6 is 35.6 Å². The number of nitrogens with zero attached hydrogens (tertiary/aromatic N) is 5. The third-order valence-corrected chi connectivity index (χ3v) is 10.3. The number of carbonyl (C=O) groups excluding carboxylic acids is 5. The molecular formula is C45H53Cl3N6O8. The number of rotatable bonds is 8. The molecule has 2 fully saturated rings. The summed E-state index contributed by atoms with van der Waals surface area (Å²) >= 11 is 12.0. The Morgan fingerprint density at radius 3 is 1.27 bits per heavy atom. The van der Waals surface area contributed by atoms with Crippen LogP contribution in [0.3, 0.4) is 0 Å². The van der Waals surface area contributed by atoms with Crippen LogP contribution in [0, 0.1) is 0 Å². The Kier molecular flexibility index (Phi) is 18.3. The van der Waals surface area contributed by atoms with E-state index >= 15 is 0 Å². The molecule has 0 radical (unpaired) electrons. The molecule has 6 rings (SSSR count). The molecule has 2 heterocycles. The Hall–Kier alpha value is -5.54. The Balaban J connectivity index is 0.000000275. The highest BCUT2D eigenvalue weighted by atomic mass is 35.5. The lowest BCUT2D eigenvalue weighted by atomic mass is 10.1. The second kappa shape index (κ2) is 23.1. The first-order valence-corrected chi connectivity index (χ1v) is 20.6. The number of carbonyl (C=O) groups is 5. The third-order valence-electron chi connectivity index (χ3n) is 9.76. The average Bonchev–Trinajstić information content (AvgIpc) is 3.27. The Bertz CT molecular complexity index is 2100. The van der Waals surface area contributed by atoms with Gasteiger partial charge in [-0.3, -0.25) is 9.80 Å². The second-order valence-electron chi connectivity index (χ2n) is 15.3. The SMILES string of the molecule is COC(=O)c1ccc(CN(C(=O)N2CCN(C(=O)OC(C)(C)C)CC2)c2ccc(Cl)cc2)cc1.COC(=O)c1ccc(CN(C(=O)N2CCNCC2)c2ccc(Cl)cc2)cc1.Cl. The fraction of sp³-hybridized carbons (Fsp3) is 0.356. The lowest BCUT2D eigenvalue weighted by molar-refractivity contribution is 0.0171. The molecule has 4 aromatic rings. The third kappa shape index (κ3) is 14.0. The van der Waals surface area contributed by atoms with Crippen molar-refractivity contribution in [2.24, 2.45) is 0 Å². The van der Waals surface area contributed by atoms with Gasteiger partial charge in [-0.15, -0.1) is 12.4 Å². The number of ether oxygens (including phenoxy) is 3. The Labute approximate surface area is 379 Å². The van der Waals surface area contributed by atoms with Gasteiger partial charge in [0.2, 0.25) is 0 Å². The van der Waals surface area contributed by atoms with Gasteiger partial charge in [0.25, 0.3) is 0 Å². The number of methoxy groups -OCH3 is 2. The predicted molar refractivity (Wildman–Crippen MR) is 243 cm³/mol. The van der Waals surface area contributed by atoms with Crippen molar-refractivity contribution in [1.82, 2.24) is 20.0 Å². The topological polar surface area (TPSA) is 141 Å². The van der Waals surface area contributed by atoms with Crippen molar-refractivity contribution in [3.63, 3.8) is 0 Å². The lowest BCUT2D eigenvalue weighted by Gasteiger charge is -2.38.